The molecule has 0 aromatic carbocycles. The van der Waals surface area contributed by atoms with Crippen LogP contribution in [0.1, 0.15) is 16.9 Å². The van der Waals surface area contributed by atoms with Crippen molar-refractivity contribution in [2.75, 3.05) is 6.54 Å². The third-order valence-electron chi connectivity index (χ3n) is 3.03. The molecule has 10 nitrogen and oxygen atoms in total. The van der Waals surface area contributed by atoms with Crippen LogP contribution in [0.4, 0.5) is 0 Å². The first-order valence-corrected chi connectivity index (χ1v) is 5.91. The van der Waals surface area contributed by atoms with Crippen LogP contribution in [0.2, 0.25) is 0 Å². The molecule has 0 saturated carbocycles. The Morgan fingerprint density at radius 1 is 1.65 bits per heavy atom. The van der Waals surface area contributed by atoms with E-state index in [0.717, 1.165) is 0 Å². The van der Waals surface area contributed by atoms with E-state index in [-0.39, 0.29) is 18.7 Å². The van der Waals surface area contributed by atoms with Crippen LogP contribution >= 0.6 is 0 Å². The lowest BCUT2D eigenvalue weighted by Gasteiger charge is -2.32. The van der Waals surface area contributed by atoms with Crippen molar-refractivity contribution in [3.8, 4) is 0 Å². The minimum absolute atomic E-state index is 0.0219. The summed E-state index contributed by atoms with van der Waals surface area (Å²) in [5, 5.41) is 38.2. The Morgan fingerprint density at radius 3 is 3.00 bits per heavy atom. The molecule has 2 rings (SSSR count). The molecule has 1 amide bonds. The number of aliphatic hydroxyl groups excluding tert-OH is 2. The predicted molar refractivity (Wildman–Crippen MR) is 63.2 cm³/mol. The Labute approximate surface area is 112 Å². The molecule has 0 aliphatic carbocycles. The van der Waals surface area contributed by atoms with Gasteiger partial charge in [-0.05, 0) is 6.07 Å². The van der Waals surface area contributed by atoms with Crippen LogP contribution in [0.25, 0.3) is 0 Å². The zero-order chi connectivity index (χ0) is 14.7. The Bertz CT molecular complexity index is 478. The highest BCUT2D eigenvalue weighted by molar-refractivity contribution is 5.92. The minimum Gasteiger partial charge on any atom is -0.381 e. The average molecular weight is 286 g/mol. The summed E-state index contributed by atoms with van der Waals surface area (Å²) in [4.78, 5) is 21.7. The number of nitrogens with zero attached hydrogens (tertiary/aromatic N) is 2. The van der Waals surface area contributed by atoms with E-state index in [1.54, 1.807) is 0 Å². The van der Waals surface area contributed by atoms with Gasteiger partial charge in [-0.3, -0.25) is 20.0 Å². The molecule has 2 heterocycles. The van der Waals surface area contributed by atoms with Gasteiger partial charge >= 0.3 is 0 Å². The fraction of sp³-hybridized carbons (Fsp3) is 0.600. The molecular weight excluding hydrogens is 272 g/mol. The van der Waals surface area contributed by atoms with Gasteiger partial charge in [-0.25, -0.2) is 0 Å². The smallest absolute Gasteiger partial charge is 0.269 e. The highest BCUT2D eigenvalue weighted by Crippen LogP contribution is 2.20. The first kappa shape index (κ1) is 14.4. The molecule has 20 heavy (non-hydrogen) atoms. The molecule has 0 spiro atoms. The van der Waals surface area contributed by atoms with E-state index in [1.807, 2.05) is 0 Å². The Morgan fingerprint density at radius 2 is 2.40 bits per heavy atom. The summed E-state index contributed by atoms with van der Waals surface area (Å²) >= 11 is 0. The number of aliphatic hydroxyl groups is 2. The number of nitro groups is 1. The van der Waals surface area contributed by atoms with Crippen LogP contribution in [0, 0.1) is 10.1 Å². The van der Waals surface area contributed by atoms with Crippen molar-refractivity contribution in [3.05, 3.63) is 28.1 Å². The number of amides is 1. The molecule has 1 aliphatic rings. The normalized spacial score (nSPS) is 29.9. The van der Waals surface area contributed by atoms with Crippen molar-refractivity contribution in [2.24, 2.45) is 0 Å². The number of nitrogens with one attached hydrogen (secondary N) is 2. The van der Waals surface area contributed by atoms with E-state index < -0.39 is 35.4 Å². The number of hydrogen-bond acceptors (Lipinski definition) is 7. The standard InChI is InChI=1S/C10H14N4O6/c15-8-7(14(18)19)3-5(20-10(8)17)4-11-9(16)6-1-2-12-13-6/h1-2,5,7-8,10,15,17H,3-4H2,(H,11,16)(H,12,13)/t5?,7?,8-,10+/m0/s1. The zero-order valence-corrected chi connectivity index (χ0v) is 10.3. The first-order chi connectivity index (χ1) is 9.49. The maximum Gasteiger partial charge on any atom is 0.269 e. The maximum absolute atomic E-state index is 11.6. The average Bonchev–Trinajstić information content (AvgIpc) is 2.93. The molecule has 0 radical (unpaired) electrons. The third-order valence-corrected chi connectivity index (χ3v) is 3.03. The lowest BCUT2D eigenvalue weighted by atomic mass is 10.00. The molecular formula is C10H14N4O6. The van der Waals surface area contributed by atoms with Crippen molar-refractivity contribution >= 4 is 5.91 Å². The lowest BCUT2D eigenvalue weighted by Crippen LogP contribution is -2.53. The molecule has 1 aromatic heterocycles. The first-order valence-electron chi connectivity index (χ1n) is 5.91. The number of rotatable bonds is 4. The quantitative estimate of drug-likeness (QED) is 0.378. The van der Waals surface area contributed by atoms with Gasteiger partial charge in [0.15, 0.2) is 12.4 Å². The monoisotopic (exact) mass is 286 g/mol. The van der Waals surface area contributed by atoms with E-state index in [9.17, 15) is 25.1 Å². The molecule has 4 N–H and O–H groups in total. The molecule has 0 bridgehead atoms. The van der Waals surface area contributed by atoms with Crippen molar-refractivity contribution in [1.29, 1.82) is 0 Å². The number of aromatic amines is 1. The van der Waals surface area contributed by atoms with Crippen LogP contribution in [0.15, 0.2) is 12.3 Å². The molecule has 10 heteroatoms. The summed E-state index contributed by atoms with van der Waals surface area (Å²) in [6.45, 7) is -0.0219. The molecule has 1 saturated heterocycles. The van der Waals surface area contributed by atoms with Gasteiger partial charge in [0, 0.05) is 24.1 Å². The second-order valence-corrected chi connectivity index (χ2v) is 4.41. The maximum atomic E-state index is 11.6. The van der Waals surface area contributed by atoms with E-state index in [1.165, 1.54) is 12.3 Å². The summed E-state index contributed by atoms with van der Waals surface area (Å²) in [5.41, 5.74) is 0.243. The van der Waals surface area contributed by atoms with Gasteiger partial charge in [-0.2, -0.15) is 5.10 Å². The number of carbonyl (C=O) groups is 1. The van der Waals surface area contributed by atoms with E-state index in [0.29, 0.717) is 0 Å². The molecule has 110 valence electrons. The molecule has 2 unspecified atom stereocenters. The van der Waals surface area contributed by atoms with Crippen LogP contribution in [0.5, 0.6) is 0 Å². The summed E-state index contributed by atoms with van der Waals surface area (Å²) in [6.07, 6.45) is -2.67. The zero-order valence-electron chi connectivity index (χ0n) is 10.3. The van der Waals surface area contributed by atoms with Gasteiger partial charge in [-0.1, -0.05) is 0 Å². The van der Waals surface area contributed by atoms with Crippen LogP contribution in [-0.4, -0.2) is 62.3 Å². The lowest BCUT2D eigenvalue weighted by molar-refractivity contribution is -0.550. The number of aromatic nitrogens is 2. The van der Waals surface area contributed by atoms with Gasteiger partial charge in [0.1, 0.15) is 5.69 Å². The summed E-state index contributed by atoms with van der Waals surface area (Å²) < 4.78 is 5.01. The van der Waals surface area contributed by atoms with Gasteiger partial charge in [0.2, 0.25) is 6.04 Å². The topological polar surface area (TPSA) is 151 Å². The summed E-state index contributed by atoms with van der Waals surface area (Å²) in [7, 11) is 0. The van der Waals surface area contributed by atoms with Crippen molar-refractivity contribution in [2.45, 2.75) is 31.0 Å². The number of hydrogen-bond donors (Lipinski definition) is 4. The second kappa shape index (κ2) is 5.94. The third kappa shape index (κ3) is 3.10. The molecule has 4 atom stereocenters. The number of H-pyrrole nitrogens is 1. The fourth-order valence-corrected chi connectivity index (χ4v) is 1.96. The largest absolute Gasteiger partial charge is 0.381 e. The predicted octanol–water partition coefficient (Wildman–Crippen LogP) is -1.75. The van der Waals surface area contributed by atoms with Gasteiger partial charge in [0.05, 0.1) is 6.10 Å². The van der Waals surface area contributed by atoms with Crippen molar-refractivity contribution < 1.29 is 24.7 Å². The van der Waals surface area contributed by atoms with E-state index in [4.69, 9.17) is 4.74 Å². The second-order valence-electron chi connectivity index (χ2n) is 4.41. The van der Waals surface area contributed by atoms with Gasteiger partial charge < -0.3 is 20.3 Å². The molecule has 1 aromatic rings. The van der Waals surface area contributed by atoms with Crippen molar-refractivity contribution in [3.63, 3.8) is 0 Å². The fourth-order valence-electron chi connectivity index (χ4n) is 1.96. The van der Waals surface area contributed by atoms with Crippen LogP contribution < -0.4 is 5.32 Å². The highest BCUT2D eigenvalue weighted by atomic mass is 16.6. The number of carbonyl (C=O) groups excluding carboxylic acids is 1. The van der Waals surface area contributed by atoms with Gasteiger partial charge in [-0.15, -0.1) is 0 Å². The summed E-state index contributed by atoms with van der Waals surface area (Å²) in [5.74, 6) is -0.440. The van der Waals surface area contributed by atoms with Crippen molar-refractivity contribution in [1.82, 2.24) is 15.5 Å². The summed E-state index contributed by atoms with van der Waals surface area (Å²) in [6, 6.07) is 0.142. The van der Waals surface area contributed by atoms with Crippen LogP contribution in [-0.2, 0) is 4.74 Å². The van der Waals surface area contributed by atoms with Gasteiger partial charge in [0.25, 0.3) is 5.91 Å². The Balaban J connectivity index is 1.90. The van der Waals surface area contributed by atoms with Crippen LogP contribution in [0.3, 0.4) is 0 Å². The number of ether oxygens (including phenoxy) is 1. The highest BCUT2D eigenvalue weighted by Gasteiger charge is 2.43. The molecule has 1 fully saturated rings. The SMILES string of the molecule is O=C(NCC1CC([N+](=O)[O-])[C@H](O)[C@H](O)O1)c1ccn[nH]1. The Hall–Kier alpha value is -2.04. The Kier molecular flexibility index (Phi) is 4.27. The van der Waals surface area contributed by atoms with E-state index >= 15 is 0 Å². The minimum atomic E-state index is -1.65. The molecule has 1 aliphatic heterocycles. The van der Waals surface area contributed by atoms with E-state index in [2.05, 4.69) is 15.5 Å².